The lowest BCUT2D eigenvalue weighted by Crippen LogP contribution is -2.13. The number of rotatable bonds is 3. The molecule has 6 nitrogen and oxygen atoms in total. The molecule has 1 aromatic heterocycles. The Morgan fingerprint density at radius 1 is 1.25 bits per heavy atom. The average molecular weight is 314 g/mol. The maximum absolute atomic E-state index is 11.9. The highest BCUT2D eigenvalue weighted by molar-refractivity contribution is 6.40. The second-order valence-electron chi connectivity index (χ2n) is 4.01. The molecule has 0 fully saturated rings. The number of halogens is 2. The van der Waals surface area contributed by atoms with Gasteiger partial charge in [-0.25, -0.2) is 4.79 Å². The first-order chi connectivity index (χ1) is 9.38. The molecule has 1 amide bonds. The van der Waals surface area contributed by atoms with Crippen LogP contribution in [-0.2, 0) is 0 Å². The minimum Gasteiger partial charge on any atom is -0.478 e. The molecule has 1 heterocycles. The number of carbonyl (C=O) groups excluding carboxylic acids is 1. The standard InChI is InChI=1S/C12H9Cl2N3O3/c1-5-2-9(17-16-5)11(18)15-10-7(13)3-6(12(19)20)4-8(10)14/h2-4H,1H3,(H,15,18)(H,16,17)(H,19,20). The number of amides is 1. The fraction of sp³-hybridized carbons (Fsp3) is 0.0833. The van der Waals surface area contributed by atoms with E-state index < -0.39 is 11.9 Å². The van der Waals surface area contributed by atoms with Gasteiger partial charge in [-0.15, -0.1) is 0 Å². The highest BCUT2D eigenvalue weighted by Gasteiger charge is 2.16. The van der Waals surface area contributed by atoms with Crippen LogP contribution in [0, 0.1) is 6.92 Å². The molecule has 0 aliphatic heterocycles. The number of nitrogens with one attached hydrogen (secondary N) is 2. The van der Waals surface area contributed by atoms with Crippen molar-refractivity contribution < 1.29 is 14.7 Å². The van der Waals surface area contributed by atoms with Gasteiger partial charge in [0.25, 0.3) is 5.91 Å². The van der Waals surface area contributed by atoms with Crippen molar-refractivity contribution in [2.45, 2.75) is 6.92 Å². The number of carboxylic acids is 1. The smallest absolute Gasteiger partial charge is 0.335 e. The Balaban J connectivity index is 2.30. The molecule has 3 N–H and O–H groups in total. The number of aromatic amines is 1. The molecule has 104 valence electrons. The van der Waals surface area contributed by atoms with E-state index in [0.29, 0.717) is 0 Å². The van der Waals surface area contributed by atoms with Gasteiger partial charge in [0.2, 0.25) is 0 Å². The van der Waals surface area contributed by atoms with Crippen molar-refractivity contribution in [1.82, 2.24) is 10.2 Å². The van der Waals surface area contributed by atoms with Gasteiger partial charge in [0.05, 0.1) is 21.3 Å². The van der Waals surface area contributed by atoms with Crippen LogP contribution >= 0.6 is 23.2 Å². The van der Waals surface area contributed by atoms with Gasteiger partial charge < -0.3 is 10.4 Å². The van der Waals surface area contributed by atoms with Gasteiger partial charge in [-0.2, -0.15) is 5.10 Å². The summed E-state index contributed by atoms with van der Waals surface area (Å²) >= 11 is 11.8. The van der Waals surface area contributed by atoms with Crippen LogP contribution in [0.25, 0.3) is 0 Å². The van der Waals surface area contributed by atoms with E-state index >= 15 is 0 Å². The fourth-order valence-corrected chi connectivity index (χ4v) is 2.11. The number of aromatic carboxylic acids is 1. The van der Waals surface area contributed by atoms with E-state index in [9.17, 15) is 9.59 Å². The molecule has 20 heavy (non-hydrogen) atoms. The molecule has 0 aliphatic rings. The van der Waals surface area contributed by atoms with Crippen LogP contribution in [0.5, 0.6) is 0 Å². The molecule has 2 rings (SSSR count). The number of H-pyrrole nitrogens is 1. The Hall–Kier alpha value is -2.05. The van der Waals surface area contributed by atoms with Crippen LogP contribution in [0.3, 0.4) is 0 Å². The normalized spacial score (nSPS) is 10.3. The number of carbonyl (C=O) groups is 2. The summed E-state index contributed by atoms with van der Waals surface area (Å²) in [7, 11) is 0. The van der Waals surface area contributed by atoms with Crippen molar-refractivity contribution in [3.05, 3.63) is 45.2 Å². The maximum atomic E-state index is 11.9. The van der Waals surface area contributed by atoms with E-state index in [2.05, 4.69) is 15.5 Å². The maximum Gasteiger partial charge on any atom is 0.335 e. The van der Waals surface area contributed by atoms with Crippen LogP contribution < -0.4 is 5.32 Å². The highest BCUT2D eigenvalue weighted by atomic mass is 35.5. The Bertz CT molecular complexity index is 674. The summed E-state index contributed by atoms with van der Waals surface area (Å²) in [5.41, 5.74) is 0.989. The number of nitrogens with zero attached hydrogens (tertiary/aromatic N) is 1. The third-order valence-corrected chi connectivity index (χ3v) is 3.06. The molecule has 8 heteroatoms. The lowest BCUT2D eigenvalue weighted by atomic mass is 10.2. The summed E-state index contributed by atoms with van der Waals surface area (Å²) in [6.07, 6.45) is 0. The van der Waals surface area contributed by atoms with Crippen molar-refractivity contribution in [3.8, 4) is 0 Å². The predicted molar refractivity (Wildman–Crippen MR) is 74.7 cm³/mol. The monoisotopic (exact) mass is 313 g/mol. The third kappa shape index (κ3) is 2.92. The number of aryl methyl sites for hydroxylation is 1. The van der Waals surface area contributed by atoms with Crippen molar-refractivity contribution in [2.24, 2.45) is 0 Å². The predicted octanol–water partition coefficient (Wildman–Crippen LogP) is 2.98. The first kappa shape index (κ1) is 14.4. The molecular weight excluding hydrogens is 305 g/mol. The van der Waals surface area contributed by atoms with Gasteiger partial charge in [-0.05, 0) is 25.1 Å². The molecule has 0 saturated carbocycles. The molecule has 0 spiro atoms. The minimum atomic E-state index is -1.16. The topological polar surface area (TPSA) is 95.1 Å². The summed E-state index contributed by atoms with van der Waals surface area (Å²) in [6.45, 7) is 1.76. The zero-order chi connectivity index (χ0) is 14.9. The van der Waals surface area contributed by atoms with Crippen molar-refractivity contribution in [3.63, 3.8) is 0 Å². The van der Waals surface area contributed by atoms with Crippen molar-refractivity contribution in [2.75, 3.05) is 5.32 Å². The number of hydrogen-bond donors (Lipinski definition) is 3. The van der Waals surface area contributed by atoms with E-state index in [-0.39, 0.29) is 27.0 Å². The van der Waals surface area contributed by atoms with Gasteiger partial charge in [0, 0.05) is 5.69 Å². The van der Waals surface area contributed by atoms with Crippen LogP contribution in [0.1, 0.15) is 26.5 Å². The lowest BCUT2D eigenvalue weighted by molar-refractivity contribution is 0.0696. The van der Waals surface area contributed by atoms with Crippen LogP contribution in [0.2, 0.25) is 10.0 Å². The Morgan fingerprint density at radius 3 is 2.30 bits per heavy atom. The second-order valence-corrected chi connectivity index (χ2v) is 4.82. The van der Waals surface area contributed by atoms with E-state index in [1.807, 2.05) is 0 Å². The molecule has 0 aliphatic carbocycles. The quantitative estimate of drug-likeness (QED) is 0.811. The first-order valence-electron chi connectivity index (χ1n) is 5.44. The zero-order valence-electron chi connectivity index (χ0n) is 10.2. The number of hydrogen-bond acceptors (Lipinski definition) is 3. The molecule has 0 radical (unpaired) electrons. The van der Waals surface area contributed by atoms with Gasteiger partial charge in [0.15, 0.2) is 5.69 Å². The van der Waals surface area contributed by atoms with Crippen LogP contribution in [0.4, 0.5) is 5.69 Å². The highest BCUT2D eigenvalue weighted by Crippen LogP contribution is 2.32. The summed E-state index contributed by atoms with van der Waals surface area (Å²) in [6, 6.07) is 3.98. The lowest BCUT2D eigenvalue weighted by Gasteiger charge is -2.09. The van der Waals surface area contributed by atoms with Gasteiger partial charge >= 0.3 is 5.97 Å². The third-order valence-electron chi connectivity index (χ3n) is 2.47. The van der Waals surface area contributed by atoms with Gasteiger partial charge in [-0.3, -0.25) is 9.89 Å². The molecule has 2 aromatic rings. The van der Waals surface area contributed by atoms with Crippen molar-refractivity contribution >= 4 is 40.8 Å². The van der Waals surface area contributed by atoms with E-state index in [1.54, 1.807) is 13.0 Å². The molecular formula is C12H9Cl2N3O3. The Kier molecular flexibility index (Phi) is 3.96. The number of benzene rings is 1. The SMILES string of the molecule is Cc1cc(C(=O)Nc2c(Cl)cc(C(=O)O)cc2Cl)n[nH]1. The fourth-order valence-electron chi connectivity index (χ4n) is 1.53. The Morgan fingerprint density at radius 2 is 1.85 bits per heavy atom. The summed E-state index contributed by atoms with van der Waals surface area (Å²) in [4.78, 5) is 22.8. The van der Waals surface area contributed by atoms with Crippen LogP contribution in [-0.4, -0.2) is 27.2 Å². The van der Waals surface area contributed by atoms with E-state index in [4.69, 9.17) is 28.3 Å². The van der Waals surface area contributed by atoms with E-state index in [1.165, 1.54) is 12.1 Å². The van der Waals surface area contributed by atoms with Gasteiger partial charge in [-0.1, -0.05) is 23.2 Å². The summed E-state index contributed by atoms with van der Waals surface area (Å²) in [5, 5.41) is 17.9. The minimum absolute atomic E-state index is 0.0375. The van der Waals surface area contributed by atoms with Gasteiger partial charge in [0.1, 0.15) is 0 Å². The molecule has 0 saturated heterocycles. The number of anilines is 1. The summed E-state index contributed by atoms with van der Waals surface area (Å²) in [5.74, 6) is -1.66. The molecule has 0 bridgehead atoms. The molecule has 0 atom stereocenters. The average Bonchev–Trinajstić information content (AvgIpc) is 2.80. The largest absolute Gasteiger partial charge is 0.478 e. The zero-order valence-corrected chi connectivity index (χ0v) is 11.7. The first-order valence-corrected chi connectivity index (χ1v) is 6.20. The Labute approximate surface area is 123 Å². The molecule has 0 unspecified atom stereocenters. The van der Waals surface area contributed by atoms with Crippen LogP contribution in [0.15, 0.2) is 18.2 Å². The van der Waals surface area contributed by atoms with E-state index in [0.717, 1.165) is 5.69 Å². The number of aromatic nitrogens is 2. The number of carboxylic acid groups (broad SMARTS) is 1. The van der Waals surface area contributed by atoms with Crippen molar-refractivity contribution in [1.29, 1.82) is 0 Å². The molecule has 1 aromatic carbocycles. The second kappa shape index (κ2) is 5.52. The summed E-state index contributed by atoms with van der Waals surface area (Å²) < 4.78 is 0.